The van der Waals surface area contributed by atoms with Crippen LogP contribution in [0.2, 0.25) is 0 Å². The summed E-state index contributed by atoms with van der Waals surface area (Å²) in [5.74, 6) is -1.40. The van der Waals surface area contributed by atoms with Crippen molar-refractivity contribution < 1.29 is 24.5 Å². The van der Waals surface area contributed by atoms with Crippen LogP contribution < -0.4 is 0 Å². The maximum absolute atomic E-state index is 12.0. The van der Waals surface area contributed by atoms with Crippen molar-refractivity contribution in [1.29, 1.82) is 0 Å². The first-order valence-corrected chi connectivity index (χ1v) is 6.38. The molecule has 1 amide bonds. The van der Waals surface area contributed by atoms with Gasteiger partial charge in [0.2, 0.25) is 0 Å². The van der Waals surface area contributed by atoms with E-state index in [0.717, 1.165) is 0 Å². The summed E-state index contributed by atoms with van der Waals surface area (Å²) in [5.41, 5.74) is -1.70. The van der Waals surface area contributed by atoms with Gasteiger partial charge in [-0.15, -0.1) is 6.58 Å². The molecule has 0 spiro atoms. The van der Waals surface area contributed by atoms with E-state index in [4.69, 9.17) is 9.84 Å². The molecule has 1 aliphatic heterocycles. The summed E-state index contributed by atoms with van der Waals surface area (Å²) >= 11 is 0. The van der Waals surface area contributed by atoms with Gasteiger partial charge in [-0.05, 0) is 13.3 Å². The van der Waals surface area contributed by atoms with Crippen molar-refractivity contribution in [2.24, 2.45) is 0 Å². The van der Waals surface area contributed by atoms with Crippen molar-refractivity contribution in [2.75, 3.05) is 19.7 Å². The Balaban J connectivity index is 2.44. The molecule has 0 saturated carbocycles. The van der Waals surface area contributed by atoms with Gasteiger partial charge in [0.1, 0.15) is 6.10 Å². The standard InChI is InChI=1S/C13H21NO5/c1-3-4-9-19-10(2)11(15)14-7-5-13(18,6-8-14)12(16)17/h3,10,18H,1,4-9H2,2H3,(H,16,17). The van der Waals surface area contributed by atoms with Gasteiger partial charge in [-0.1, -0.05) is 6.08 Å². The normalized spacial score (nSPS) is 19.8. The largest absolute Gasteiger partial charge is 0.479 e. The minimum atomic E-state index is -1.70. The van der Waals surface area contributed by atoms with Crippen LogP contribution in [0.5, 0.6) is 0 Å². The molecule has 6 heteroatoms. The fourth-order valence-electron chi connectivity index (χ4n) is 1.97. The average molecular weight is 271 g/mol. The van der Waals surface area contributed by atoms with Crippen molar-refractivity contribution in [3.63, 3.8) is 0 Å². The molecule has 108 valence electrons. The summed E-state index contributed by atoms with van der Waals surface area (Å²) in [5, 5.41) is 18.7. The number of piperidine rings is 1. The van der Waals surface area contributed by atoms with Gasteiger partial charge < -0.3 is 19.8 Å². The number of hydrogen-bond donors (Lipinski definition) is 2. The first kappa shape index (κ1) is 15.7. The molecular formula is C13H21NO5. The van der Waals surface area contributed by atoms with Gasteiger partial charge in [-0.2, -0.15) is 0 Å². The van der Waals surface area contributed by atoms with Crippen LogP contribution in [0, 0.1) is 0 Å². The van der Waals surface area contributed by atoms with Crippen molar-refractivity contribution in [1.82, 2.24) is 4.90 Å². The highest BCUT2D eigenvalue weighted by Gasteiger charge is 2.40. The molecular weight excluding hydrogens is 250 g/mol. The monoisotopic (exact) mass is 271 g/mol. The molecule has 6 nitrogen and oxygen atoms in total. The van der Waals surface area contributed by atoms with Gasteiger partial charge in [0.25, 0.3) is 5.91 Å². The molecule has 1 atom stereocenters. The zero-order valence-corrected chi connectivity index (χ0v) is 11.2. The van der Waals surface area contributed by atoms with E-state index in [1.165, 1.54) is 4.90 Å². The Morgan fingerprint density at radius 2 is 2.05 bits per heavy atom. The number of carbonyl (C=O) groups is 2. The van der Waals surface area contributed by atoms with E-state index in [1.807, 2.05) is 0 Å². The topological polar surface area (TPSA) is 87.1 Å². The Kier molecular flexibility index (Phi) is 5.50. The Hall–Kier alpha value is -1.40. The lowest BCUT2D eigenvalue weighted by molar-refractivity contribution is -0.167. The van der Waals surface area contributed by atoms with Crippen LogP contribution in [-0.4, -0.2) is 58.4 Å². The molecule has 1 heterocycles. The Morgan fingerprint density at radius 3 is 2.53 bits per heavy atom. The van der Waals surface area contributed by atoms with Crippen LogP contribution in [0.15, 0.2) is 12.7 Å². The van der Waals surface area contributed by atoms with E-state index in [9.17, 15) is 14.7 Å². The number of hydrogen-bond acceptors (Lipinski definition) is 4. The second-order valence-electron chi connectivity index (χ2n) is 4.75. The van der Waals surface area contributed by atoms with Gasteiger partial charge in [-0.3, -0.25) is 4.79 Å². The number of amides is 1. The Labute approximate surface area is 112 Å². The third-order valence-corrected chi connectivity index (χ3v) is 3.34. The molecule has 0 bridgehead atoms. The van der Waals surface area contributed by atoms with Crippen molar-refractivity contribution in [3.05, 3.63) is 12.7 Å². The van der Waals surface area contributed by atoms with Crippen molar-refractivity contribution >= 4 is 11.9 Å². The third kappa shape index (κ3) is 4.04. The van der Waals surface area contributed by atoms with Crippen molar-refractivity contribution in [2.45, 2.75) is 37.9 Å². The molecule has 1 unspecified atom stereocenters. The number of aliphatic hydroxyl groups is 1. The number of aliphatic carboxylic acids is 1. The molecule has 1 rings (SSSR count). The van der Waals surface area contributed by atoms with Gasteiger partial charge in [-0.25, -0.2) is 4.79 Å². The second kappa shape index (κ2) is 6.68. The maximum atomic E-state index is 12.0. The van der Waals surface area contributed by atoms with Gasteiger partial charge >= 0.3 is 5.97 Å². The number of likely N-dealkylation sites (tertiary alicyclic amines) is 1. The highest BCUT2D eigenvalue weighted by molar-refractivity contribution is 5.82. The predicted octanol–water partition coefficient (Wildman–Crippen LogP) is 0.406. The maximum Gasteiger partial charge on any atom is 0.335 e. The van der Waals surface area contributed by atoms with E-state index in [2.05, 4.69) is 6.58 Å². The van der Waals surface area contributed by atoms with Gasteiger partial charge in [0.05, 0.1) is 6.61 Å². The number of carboxylic acid groups (broad SMARTS) is 1. The SMILES string of the molecule is C=CCCOC(C)C(=O)N1CCC(O)(C(=O)O)CC1. The molecule has 0 aliphatic carbocycles. The smallest absolute Gasteiger partial charge is 0.335 e. The molecule has 0 aromatic carbocycles. The van der Waals surface area contributed by atoms with E-state index in [1.54, 1.807) is 13.0 Å². The Bertz CT molecular complexity index is 347. The number of carbonyl (C=O) groups excluding carboxylic acids is 1. The van der Waals surface area contributed by atoms with E-state index in [0.29, 0.717) is 13.0 Å². The lowest BCUT2D eigenvalue weighted by Crippen LogP contribution is -2.52. The fraction of sp³-hybridized carbons (Fsp3) is 0.692. The van der Waals surface area contributed by atoms with E-state index >= 15 is 0 Å². The Morgan fingerprint density at radius 1 is 1.47 bits per heavy atom. The minimum Gasteiger partial charge on any atom is -0.479 e. The summed E-state index contributed by atoms with van der Waals surface area (Å²) in [6.07, 6.45) is 1.93. The van der Waals surface area contributed by atoms with Crippen LogP contribution in [0.25, 0.3) is 0 Å². The summed E-state index contributed by atoms with van der Waals surface area (Å²) in [6.45, 7) is 6.14. The highest BCUT2D eigenvalue weighted by Crippen LogP contribution is 2.23. The molecule has 1 saturated heterocycles. The molecule has 1 fully saturated rings. The van der Waals surface area contributed by atoms with E-state index in [-0.39, 0.29) is 31.8 Å². The number of carboxylic acids is 1. The fourth-order valence-corrected chi connectivity index (χ4v) is 1.97. The lowest BCUT2D eigenvalue weighted by Gasteiger charge is -2.36. The van der Waals surface area contributed by atoms with E-state index < -0.39 is 17.7 Å². The molecule has 2 N–H and O–H groups in total. The van der Waals surface area contributed by atoms with Crippen LogP contribution in [0.4, 0.5) is 0 Å². The van der Waals surface area contributed by atoms with Crippen LogP contribution >= 0.6 is 0 Å². The van der Waals surface area contributed by atoms with Crippen molar-refractivity contribution in [3.8, 4) is 0 Å². The number of rotatable bonds is 6. The molecule has 1 aliphatic rings. The highest BCUT2D eigenvalue weighted by atomic mass is 16.5. The first-order valence-electron chi connectivity index (χ1n) is 6.38. The quantitative estimate of drug-likeness (QED) is 0.539. The molecule has 0 radical (unpaired) electrons. The predicted molar refractivity (Wildman–Crippen MR) is 68.6 cm³/mol. The minimum absolute atomic E-state index is 0.0491. The van der Waals surface area contributed by atoms with Gasteiger partial charge in [0, 0.05) is 25.9 Å². The molecule has 0 aromatic rings. The van der Waals surface area contributed by atoms with Crippen LogP contribution in [0.1, 0.15) is 26.2 Å². The third-order valence-electron chi connectivity index (χ3n) is 3.34. The van der Waals surface area contributed by atoms with Crippen LogP contribution in [-0.2, 0) is 14.3 Å². The lowest BCUT2D eigenvalue weighted by atomic mass is 9.91. The average Bonchev–Trinajstić information content (AvgIpc) is 2.39. The summed E-state index contributed by atoms with van der Waals surface area (Å²) in [6, 6.07) is 0. The molecule has 0 aromatic heterocycles. The van der Waals surface area contributed by atoms with Crippen LogP contribution in [0.3, 0.4) is 0 Å². The summed E-state index contributed by atoms with van der Waals surface area (Å²) in [7, 11) is 0. The summed E-state index contributed by atoms with van der Waals surface area (Å²) in [4.78, 5) is 24.4. The second-order valence-corrected chi connectivity index (χ2v) is 4.75. The number of ether oxygens (including phenoxy) is 1. The zero-order valence-electron chi connectivity index (χ0n) is 11.2. The first-order chi connectivity index (χ1) is 8.90. The summed E-state index contributed by atoms with van der Waals surface area (Å²) < 4.78 is 5.36. The van der Waals surface area contributed by atoms with Gasteiger partial charge in [0.15, 0.2) is 5.60 Å². The molecule has 19 heavy (non-hydrogen) atoms. The number of nitrogens with zero attached hydrogens (tertiary/aromatic N) is 1. The zero-order chi connectivity index (χ0) is 14.5.